The number of hydrogen-bond acceptors (Lipinski definition) is 5. The Morgan fingerprint density at radius 3 is 2.47 bits per heavy atom. The van der Waals surface area contributed by atoms with Gasteiger partial charge in [0, 0.05) is 18.7 Å². The molecule has 32 heavy (non-hydrogen) atoms. The van der Waals surface area contributed by atoms with E-state index in [2.05, 4.69) is 16.0 Å². The lowest BCUT2D eigenvalue weighted by molar-refractivity contribution is -0.134. The van der Waals surface area contributed by atoms with E-state index in [1.54, 1.807) is 12.1 Å². The Morgan fingerprint density at radius 2 is 1.78 bits per heavy atom. The number of nitrogens with zero attached hydrogens (tertiary/aromatic N) is 1. The minimum atomic E-state index is -1.39. The number of carbonyl (C=O) groups is 4. The van der Waals surface area contributed by atoms with E-state index in [-0.39, 0.29) is 24.7 Å². The lowest BCUT2D eigenvalue weighted by atomic mass is 9.92. The van der Waals surface area contributed by atoms with Gasteiger partial charge in [-0.3, -0.25) is 19.3 Å². The molecule has 1 aliphatic rings. The summed E-state index contributed by atoms with van der Waals surface area (Å²) in [7, 11) is 0. The number of urea groups is 1. The molecule has 1 saturated heterocycles. The lowest BCUT2D eigenvalue weighted by Crippen LogP contribution is -2.43. The molecule has 1 fully saturated rings. The molecular weight excluding hydrogens is 419 g/mol. The predicted molar refractivity (Wildman–Crippen MR) is 112 cm³/mol. The van der Waals surface area contributed by atoms with Gasteiger partial charge in [-0.15, -0.1) is 0 Å². The van der Waals surface area contributed by atoms with Crippen LogP contribution in [0.3, 0.4) is 0 Å². The second-order valence-corrected chi connectivity index (χ2v) is 7.46. The first-order chi connectivity index (χ1) is 15.2. The number of hydrogen-bond donors (Lipinski definition) is 4. The van der Waals surface area contributed by atoms with Crippen molar-refractivity contribution in [1.29, 1.82) is 0 Å². The zero-order valence-corrected chi connectivity index (χ0v) is 17.4. The first kappa shape index (κ1) is 22.7. The van der Waals surface area contributed by atoms with Crippen LogP contribution in [0.1, 0.15) is 29.3 Å². The van der Waals surface area contributed by atoms with E-state index in [1.807, 2.05) is 0 Å². The normalized spacial score (nSPS) is 17.8. The Bertz CT molecular complexity index is 1040. The number of aromatic hydroxyl groups is 1. The van der Waals surface area contributed by atoms with Gasteiger partial charge in [0.05, 0.1) is 0 Å². The Labute approximate surface area is 183 Å². The lowest BCUT2D eigenvalue weighted by Gasteiger charge is -2.22. The van der Waals surface area contributed by atoms with Crippen LogP contribution in [-0.2, 0) is 15.1 Å². The van der Waals surface area contributed by atoms with Crippen LogP contribution in [0.5, 0.6) is 5.75 Å². The van der Waals surface area contributed by atoms with Crippen molar-refractivity contribution in [1.82, 2.24) is 20.9 Å². The minimum absolute atomic E-state index is 0.0130. The molecule has 2 aromatic carbocycles. The molecule has 9 nitrogen and oxygen atoms in total. The van der Waals surface area contributed by atoms with Crippen molar-refractivity contribution in [3.05, 3.63) is 65.5 Å². The smallest absolute Gasteiger partial charge is 0.325 e. The molecule has 0 spiro atoms. The molecule has 1 heterocycles. The van der Waals surface area contributed by atoms with Crippen molar-refractivity contribution < 1.29 is 28.7 Å². The number of benzene rings is 2. The summed E-state index contributed by atoms with van der Waals surface area (Å²) in [5.74, 6) is -1.98. The Morgan fingerprint density at radius 1 is 1.09 bits per heavy atom. The molecular formula is C22H23FN4O5. The molecule has 10 heteroatoms. The summed E-state index contributed by atoms with van der Waals surface area (Å²) >= 11 is 0. The molecule has 0 aliphatic carbocycles. The standard InChI is InChI=1S/C22H23FN4O5/c1-22(15-6-8-16(23)9-7-15)20(31)27(21(32)26-22)13-18(29)24-10-3-11-25-19(30)14-4-2-5-17(28)12-14/h2,4-9,12,28H,3,10-11,13H2,1H3,(H,24,29)(H,25,30)(H,26,32). The van der Waals surface area contributed by atoms with E-state index in [4.69, 9.17) is 0 Å². The second-order valence-electron chi connectivity index (χ2n) is 7.46. The van der Waals surface area contributed by atoms with Crippen LogP contribution in [0, 0.1) is 5.82 Å². The maximum atomic E-state index is 13.2. The van der Waals surface area contributed by atoms with Gasteiger partial charge >= 0.3 is 6.03 Å². The molecule has 0 aromatic heterocycles. The van der Waals surface area contributed by atoms with Crippen LogP contribution in [-0.4, -0.2) is 53.4 Å². The Kier molecular flexibility index (Phi) is 6.72. The number of halogens is 1. The highest BCUT2D eigenvalue weighted by Crippen LogP contribution is 2.28. The highest BCUT2D eigenvalue weighted by molar-refractivity contribution is 6.09. The SMILES string of the molecule is CC1(c2ccc(F)cc2)NC(=O)N(CC(=O)NCCCNC(=O)c2cccc(O)c2)C1=O. The monoisotopic (exact) mass is 442 g/mol. The first-order valence-corrected chi connectivity index (χ1v) is 9.95. The highest BCUT2D eigenvalue weighted by atomic mass is 19.1. The summed E-state index contributed by atoms with van der Waals surface area (Å²) in [6, 6.07) is 10.4. The van der Waals surface area contributed by atoms with E-state index in [0.717, 1.165) is 4.90 Å². The van der Waals surface area contributed by atoms with Crippen molar-refractivity contribution in [2.75, 3.05) is 19.6 Å². The Balaban J connectivity index is 1.44. The number of nitrogens with one attached hydrogen (secondary N) is 3. The average Bonchev–Trinajstić information content (AvgIpc) is 2.97. The summed E-state index contributed by atoms with van der Waals surface area (Å²) in [4.78, 5) is 50.0. The fraction of sp³-hybridized carbons (Fsp3) is 0.273. The fourth-order valence-electron chi connectivity index (χ4n) is 3.29. The van der Waals surface area contributed by atoms with E-state index >= 15 is 0 Å². The molecule has 0 radical (unpaired) electrons. The van der Waals surface area contributed by atoms with Crippen LogP contribution >= 0.6 is 0 Å². The van der Waals surface area contributed by atoms with Gasteiger partial charge in [0.1, 0.15) is 23.7 Å². The molecule has 1 unspecified atom stereocenters. The van der Waals surface area contributed by atoms with Gasteiger partial charge in [0.25, 0.3) is 11.8 Å². The highest BCUT2D eigenvalue weighted by Gasteiger charge is 2.49. The van der Waals surface area contributed by atoms with Gasteiger partial charge in [0.2, 0.25) is 5.91 Å². The van der Waals surface area contributed by atoms with Crippen LogP contribution in [0.25, 0.3) is 0 Å². The van der Waals surface area contributed by atoms with Crippen molar-refractivity contribution in [2.24, 2.45) is 0 Å². The van der Waals surface area contributed by atoms with E-state index in [9.17, 15) is 28.7 Å². The maximum Gasteiger partial charge on any atom is 0.325 e. The summed E-state index contributed by atoms with van der Waals surface area (Å²) < 4.78 is 13.2. The summed E-state index contributed by atoms with van der Waals surface area (Å²) in [5, 5.41) is 17.2. The summed E-state index contributed by atoms with van der Waals surface area (Å²) in [6.07, 6.45) is 0.420. The van der Waals surface area contributed by atoms with Gasteiger partial charge in [0.15, 0.2) is 0 Å². The van der Waals surface area contributed by atoms with Gasteiger partial charge in [-0.2, -0.15) is 0 Å². The number of rotatable bonds is 8. The molecule has 1 atom stereocenters. The zero-order valence-electron chi connectivity index (χ0n) is 17.4. The van der Waals surface area contributed by atoms with Crippen molar-refractivity contribution in [3.8, 4) is 5.75 Å². The summed E-state index contributed by atoms with van der Waals surface area (Å²) in [6.45, 7) is 1.53. The molecule has 2 aromatic rings. The van der Waals surface area contributed by atoms with Gasteiger partial charge in [-0.05, 0) is 49.2 Å². The molecule has 4 N–H and O–H groups in total. The second kappa shape index (κ2) is 9.46. The number of phenols is 1. The molecule has 1 aliphatic heterocycles. The Hall–Kier alpha value is -3.95. The van der Waals surface area contributed by atoms with Gasteiger partial charge in [-0.25, -0.2) is 9.18 Å². The van der Waals surface area contributed by atoms with E-state index < -0.39 is 35.7 Å². The van der Waals surface area contributed by atoms with Gasteiger partial charge in [-0.1, -0.05) is 18.2 Å². The van der Waals surface area contributed by atoms with Crippen LogP contribution in [0.15, 0.2) is 48.5 Å². The largest absolute Gasteiger partial charge is 0.508 e. The molecule has 3 rings (SSSR count). The first-order valence-electron chi connectivity index (χ1n) is 9.95. The van der Waals surface area contributed by atoms with Crippen LogP contribution < -0.4 is 16.0 Å². The molecule has 5 amide bonds. The molecule has 0 bridgehead atoms. The zero-order chi connectivity index (χ0) is 23.3. The van der Waals surface area contributed by atoms with Crippen molar-refractivity contribution in [3.63, 3.8) is 0 Å². The fourth-order valence-corrected chi connectivity index (χ4v) is 3.29. The third-order valence-corrected chi connectivity index (χ3v) is 5.07. The van der Waals surface area contributed by atoms with Crippen LogP contribution in [0.2, 0.25) is 0 Å². The number of amides is 5. The summed E-state index contributed by atoms with van der Waals surface area (Å²) in [5.41, 5.74) is -0.666. The average molecular weight is 442 g/mol. The van der Waals surface area contributed by atoms with E-state index in [0.29, 0.717) is 17.5 Å². The number of imide groups is 1. The predicted octanol–water partition coefficient (Wildman–Crippen LogP) is 1.23. The quantitative estimate of drug-likeness (QED) is 0.361. The number of carbonyl (C=O) groups excluding carboxylic acids is 4. The molecule has 0 saturated carbocycles. The maximum absolute atomic E-state index is 13.2. The van der Waals surface area contributed by atoms with E-state index in [1.165, 1.54) is 43.3 Å². The van der Waals surface area contributed by atoms with Crippen molar-refractivity contribution in [2.45, 2.75) is 18.9 Å². The minimum Gasteiger partial charge on any atom is -0.508 e. The third-order valence-electron chi connectivity index (χ3n) is 5.07. The molecule has 168 valence electrons. The van der Waals surface area contributed by atoms with Gasteiger partial charge < -0.3 is 21.1 Å². The number of phenolic OH excluding ortho intramolecular Hbond substituents is 1. The van der Waals surface area contributed by atoms with Crippen LogP contribution in [0.4, 0.5) is 9.18 Å². The third kappa shape index (κ3) is 5.02. The van der Waals surface area contributed by atoms with Crippen molar-refractivity contribution >= 4 is 23.8 Å². The topological polar surface area (TPSA) is 128 Å².